The van der Waals surface area contributed by atoms with Gasteiger partial charge in [0.2, 0.25) is 20.2 Å². The van der Waals surface area contributed by atoms with Crippen molar-refractivity contribution in [2.45, 2.75) is 12.1 Å². The predicted octanol–water partition coefficient (Wildman–Crippen LogP) is 3.20. The number of fused-ring (bicyclic) bond motifs is 1. The number of aromatic nitrogens is 1. The molecule has 1 heterocycles. The van der Waals surface area contributed by atoms with Crippen LogP contribution >= 0.6 is 24.3 Å². The number of halogens is 3. The van der Waals surface area contributed by atoms with E-state index in [1.54, 1.807) is 14.1 Å². The van der Waals surface area contributed by atoms with Gasteiger partial charge in [0.1, 0.15) is 0 Å². The molecule has 0 atom stereocenters. The predicted molar refractivity (Wildman–Crippen MR) is 93.5 cm³/mol. The van der Waals surface area contributed by atoms with Crippen LogP contribution < -0.4 is 4.74 Å². The minimum Gasteiger partial charge on any atom is -0.477 e. The molecule has 0 saturated heterocycles. The highest BCUT2D eigenvalue weighted by Crippen LogP contribution is 2.54. The summed E-state index contributed by atoms with van der Waals surface area (Å²) in [4.78, 5) is 34.9. The fourth-order valence-electron chi connectivity index (χ4n) is 2.03. The second kappa shape index (κ2) is 7.86. The van der Waals surface area contributed by atoms with Gasteiger partial charge in [0, 0.05) is 41.8 Å². The number of ether oxygens (including phenoxy) is 1. The molecule has 6 nitrogen and oxygen atoms in total. The number of pyridine rings is 1. The summed E-state index contributed by atoms with van der Waals surface area (Å²) in [6, 6.07) is 4.03. The van der Waals surface area contributed by atoms with Crippen LogP contribution in [0.15, 0.2) is 28.9 Å². The Balaban J connectivity index is 2.26. The number of nitrogens with zero attached hydrogens (tertiary/aromatic N) is 2. The molecule has 0 bridgehead atoms. The van der Waals surface area contributed by atoms with Gasteiger partial charge in [-0.15, -0.1) is 0 Å². The smallest absolute Gasteiger partial charge is 0.340 e. The summed E-state index contributed by atoms with van der Waals surface area (Å²) >= 11 is 3.02. The maximum absolute atomic E-state index is 13.9. The lowest BCUT2D eigenvalue weighted by molar-refractivity contribution is -0.129. The van der Waals surface area contributed by atoms with Gasteiger partial charge >= 0.3 is 5.66 Å². The molecule has 1 aromatic carbocycles. The lowest BCUT2D eigenvalue weighted by Gasteiger charge is -2.19. The van der Waals surface area contributed by atoms with E-state index < -0.39 is 19.6 Å². The normalized spacial score (nSPS) is 11.8. The average molecular weight is 437 g/mol. The minimum absolute atomic E-state index is 0.0487. The Bertz CT molecular complexity index is 789. The second-order valence-corrected chi connectivity index (χ2v) is 7.41. The molecule has 2 aromatic rings. The molecule has 10 heteroatoms. The van der Waals surface area contributed by atoms with Crippen LogP contribution in [0, 0.1) is 0 Å². The van der Waals surface area contributed by atoms with E-state index in [1.807, 2.05) is 0 Å². The maximum Gasteiger partial charge on any atom is 0.340 e. The number of carbonyl (C=O) groups excluding carboxylic acids is 1. The van der Waals surface area contributed by atoms with Gasteiger partial charge in [-0.2, -0.15) is 8.78 Å². The lowest BCUT2D eigenvalue weighted by Crippen LogP contribution is -2.23. The summed E-state index contributed by atoms with van der Waals surface area (Å²) in [7, 11) is -0.210. The van der Waals surface area contributed by atoms with Crippen LogP contribution in [0.3, 0.4) is 0 Å². The number of alkyl halides is 2. The molecular weight excluding hydrogens is 421 g/mol. The molecule has 0 unspecified atom stereocenters. The number of rotatable bonds is 6. The van der Waals surface area contributed by atoms with Gasteiger partial charge in [-0.3, -0.25) is 4.79 Å². The Hall–Kier alpha value is -1.41. The van der Waals surface area contributed by atoms with Gasteiger partial charge in [0.05, 0.1) is 13.0 Å². The van der Waals surface area contributed by atoms with Crippen molar-refractivity contribution >= 4 is 41.0 Å². The molecule has 136 valence electrons. The summed E-state index contributed by atoms with van der Waals surface area (Å²) in [5, 5.41) is 0.974. The quantitative estimate of drug-likeness (QED) is 0.679. The van der Waals surface area contributed by atoms with Crippen LogP contribution in [0.5, 0.6) is 5.88 Å². The molecular formula is C15H16BrF2N2O4P. The average Bonchev–Trinajstić information content (AvgIpc) is 2.53. The summed E-state index contributed by atoms with van der Waals surface area (Å²) in [5.41, 5.74) is -4.30. The second-order valence-electron chi connectivity index (χ2n) is 5.42. The highest BCUT2D eigenvalue weighted by atomic mass is 79.9. The number of hydrogen-bond acceptors (Lipinski definition) is 5. The first-order chi connectivity index (χ1) is 11.6. The third kappa shape index (κ3) is 4.61. The van der Waals surface area contributed by atoms with Crippen LogP contribution in [-0.4, -0.2) is 46.3 Å². The highest BCUT2D eigenvalue weighted by molar-refractivity contribution is 9.10. The number of hydrogen-bond donors (Lipinski definition) is 2. The van der Waals surface area contributed by atoms with E-state index in [2.05, 4.69) is 20.9 Å². The van der Waals surface area contributed by atoms with Gasteiger partial charge in [0.15, 0.2) is 0 Å². The van der Waals surface area contributed by atoms with Crippen molar-refractivity contribution in [3.63, 3.8) is 0 Å². The molecule has 0 fully saturated rings. The largest absolute Gasteiger partial charge is 0.477 e. The van der Waals surface area contributed by atoms with Crippen LogP contribution in [-0.2, 0) is 10.5 Å². The third-order valence-electron chi connectivity index (χ3n) is 3.42. The first-order valence-corrected chi connectivity index (χ1v) is 9.15. The van der Waals surface area contributed by atoms with Crippen molar-refractivity contribution in [2.75, 3.05) is 20.7 Å². The number of benzene rings is 1. The number of amides is 1. The fourth-order valence-corrected chi connectivity index (χ4v) is 3.19. The summed E-state index contributed by atoms with van der Waals surface area (Å²) in [6.45, 7) is 0.105. The minimum atomic E-state index is -3.77. The van der Waals surface area contributed by atoms with E-state index in [9.17, 15) is 13.6 Å². The van der Waals surface area contributed by atoms with E-state index in [4.69, 9.17) is 14.5 Å². The molecule has 0 aliphatic heterocycles. The van der Waals surface area contributed by atoms with E-state index in [0.29, 0.717) is 10.8 Å². The van der Waals surface area contributed by atoms with Crippen molar-refractivity contribution < 1.29 is 28.1 Å². The topological polar surface area (TPSA) is 82.9 Å². The zero-order chi connectivity index (χ0) is 18.8. The zero-order valence-electron chi connectivity index (χ0n) is 13.4. The molecule has 25 heavy (non-hydrogen) atoms. The van der Waals surface area contributed by atoms with Crippen molar-refractivity contribution in [3.8, 4) is 5.88 Å². The molecule has 1 amide bonds. The summed E-state index contributed by atoms with van der Waals surface area (Å²) < 4.78 is 33.3. The molecule has 0 aliphatic carbocycles. The fraction of sp³-hybridized carbons (Fsp3) is 0.333. The van der Waals surface area contributed by atoms with Gasteiger partial charge in [0.25, 0.3) is 0 Å². The van der Waals surface area contributed by atoms with Crippen molar-refractivity contribution in [1.82, 2.24) is 9.88 Å². The van der Waals surface area contributed by atoms with Crippen LogP contribution in [0.2, 0.25) is 0 Å². The first kappa shape index (κ1) is 19.9. The first-order valence-electron chi connectivity index (χ1n) is 7.11. The Kier molecular flexibility index (Phi) is 6.26. The third-order valence-corrected chi connectivity index (χ3v) is 4.82. The molecule has 1 aromatic heterocycles. The van der Waals surface area contributed by atoms with Crippen LogP contribution in [0.4, 0.5) is 8.78 Å². The van der Waals surface area contributed by atoms with Gasteiger partial charge in [-0.1, -0.05) is 15.9 Å². The number of carbonyl (C=O) groups is 1. The van der Waals surface area contributed by atoms with Crippen molar-refractivity contribution in [1.29, 1.82) is 0 Å². The van der Waals surface area contributed by atoms with Gasteiger partial charge in [-0.25, -0.2) is 4.98 Å². The van der Waals surface area contributed by atoms with E-state index >= 15 is 0 Å². The van der Waals surface area contributed by atoms with E-state index in [0.717, 1.165) is 6.07 Å². The molecule has 0 saturated carbocycles. The molecule has 2 rings (SSSR count). The Morgan fingerprint density at radius 1 is 1.32 bits per heavy atom. The Morgan fingerprint density at radius 3 is 2.60 bits per heavy atom. The summed E-state index contributed by atoms with van der Waals surface area (Å²) in [6.07, 6.45) is 1.61. The highest BCUT2D eigenvalue weighted by Gasteiger charge is 2.42. The monoisotopic (exact) mass is 436 g/mol. The zero-order valence-corrected chi connectivity index (χ0v) is 15.9. The van der Waals surface area contributed by atoms with Crippen LogP contribution in [0.25, 0.3) is 10.8 Å². The van der Waals surface area contributed by atoms with Crippen molar-refractivity contribution in [3.05, 3.63) is 34.4 Å². The van der Waals surface area contributed by atoms with Crippen LogP contribution in [0.1, 0.15) is 12.0 Å². The standard InChI is InChI=1S/C15H16BrF2N2O4P/c1-20(2)14(21)3-4-24-13-7-9-5-11(15(17,18)25(22)23)12(16)6-10(9)8-19-13/h5-8,22-23H,3-4H2,1-2H3. The van der Waals surface area contributed by atoms with Gasteiger partial charge < -0.3 is 19.4 Å². The van der Waals surface area contributed by atoms with Gasteiger partial charge in [-0.05, 0) is 17.5 Å². The Morgan fingerprint density at radius 2 is 2.00 bits per heavy atom. The SMILES string of the molecule is CN(C)C(=O)CCOc1cc2cc(C(F)(F)P(O)O)c(Br)cc2cn1. The summed E-state index contributed by atoms with van der Waals surface area (Å²) in [5.74, 6) is 0.0804. The lowest BCUT2D eigenvalue weighted by atomic mass is 10.1. The van der Waals surface area contributed by atoms with E-state index in [1.165, 1.54) is 23.2 Å². The Labute approximate surface area is 152 Å². The van der Waals surface area contributed by atoms with Crippen molar-refractivity contribution in [2.24, 2.45) is 0 Å². The molecule has 0 spiro atoms. The maximum atomic E-state index is 13.9. The molecule has 0 radical (unpaired) electrons. The molecule has 0 aliphatic rings. The van der Waals surface area contributed by atoms with E-state index in [-0.39, 0.29) is 29.3 Å². The molecule has 2 N–H and O–H groups in total.